The highest BCUT2D eigenvalue weighted by Crippen LogP contribution is 2.38. The number of nitrogens with zero attached hydrogens (tertiary/aromatic N) is 3. The van der Waals surface area contributed by atoms with E-state index in [0.717, 1.165) is 25.9 Å². The lowest BCUT2D eigenvalue weighted by Gasteiger charge is -2.35. The highest BCUT2D eigenvalue weighted by molar-refractivity contribution is 7.97. The van der Waals surface area contributed by atoms with Crippen molar-refractivity contribution in [2.45, 2.75) is 23.8 Å². The number of hydrogen-bond acceptors (Lipinski definition) is 5. The van der Waals surface area contributed by atoms with Gasteiger partial charge in [0.15, 0.2) is 0 Å². The van der Waals surface area contributed by atoms with Crippen LogP contribution in [0.25, 0.3) is 10.9 Å². The minimum absolute atomic E-state index is 0.131. The highest BCUT2D eigenvalue weighted by Gasteiger charge is 2.28. The summed E-state index contributed by atoms with van der Waals surface area (Å²) in [5.41, 5.74) is 0.135. The summed E-state index contributed by atoms with van der Waals surface area (Å²) < 4.78 is 19.2. The van der Waals surface area contributed by atoms with E-state index in [1.54, 1.807) is 18.0 Å². The predicted molar refractivity (Wildman–Crippen MR) is 119 cm³/mol. The average Bonchev–Trinajstić information content (AvgIpc) is 3.60. The van der Waals surface area contributed by atoms with E-state index >= 15 is 4.39 Å². The molecule has 1 saturated carbocycles. The summed E-state index contributed by atoms with van der Waals surface area (Å²) in [4.78, 5) is 27.3. The number of halogens is 1. The third-order valence-electron chi connectivity index (χ3n) is 5.83. The second-order valence-electron chi connectivity index (χ2n) is 7.96. The molecule has 2 heterocycles. The molecule has 5 rings (SSSR count). The molecule has 2 fully saturated rings. The van der Waals surface area contributed by atoms with Gasteiger partial charge in [-0.3, -0.25) is 4.79 Å². The summed E-state index contributed by atoms with van der Waals surface area (Å²) in [6.07, 6.45) is 3.28. The van der Waals surface area contributed by atoms with Crippen molar-refractivity contribution in [2.24, 2.45) is 0 Å². The minimum Gasteiger partial charge on any atom is -0.477 e. The summed E-state index contributed by atoms with van der Waals surface area (Å²) in [5.74, 6) is -1.77. The first-order chi connectivity index (χ1) is 15.0. The molecule has 0 unspecified atom stereocenters. The van der Waals surface area contributed by atoms with Gasteiger partial charge < -0.3 is 14.6 Å². The van der Waals surface area contributed by atoms with Gasteiger partial charge >= 0.3 is 5.97 Å². The lowest BCUT2D eigenvalue weighted by Crippen LogP contribution is -2.43. The summed E-state index contributed by atoms with van der Waals surface area (Å²) >= 11 is 1.70. The zero-order valence-electron chi connectivity index (χ0n) is 16.8. The predicted octanol–water partition coefficient (Wildman–Crippen LogP) is 4.00. The van der Waals surface area contributed by atoms with E-state index in [1.807, 2.05) is 27.7 Å². The molecule has 0 radical (unpaired) electrons. The van der Waals surface area contributed by atoms with E-state index < -0.39 is 17.2 Å². The van der Waals surface area contributed by atoms with Crippen molar-refractivity contribution >= 4 is 34.5 Å². The van der Waals surface area contributed by atoms with E-state index in [0.29, 0.717) is 24.3 Å². The van der Waals surface area contributed by atoms with Gasteiger partial charge in [-0.2, -0.15) is 0 Å². The second-order valence-corrected chi connectivity index (χ2v) is 9.13. The number of fused-ring (bicyclic) bond motifs is 1. The van der Waals surface area contributed by atoms with Gasteiger partial charge in [0.2, 0.25) is 5.43 Å². The second kappa shape index (κ2) is 8.01. The maximum absolute atomic E-state index is 15.1. The van der Waals surface area contributed by atoms with E-state index in [4.69, 9.17) is 0 Å². The van der Waals surface area contributed by atoms with Crippen molar-refractivity contribution in [3.05, 3.63) is 70.3 Å². The van der Waals surface area contributed by atoms with E-state index in [-0.39, 0.29) is 17.0 Å². The Labute approximate surface area is 183 Å². The molecule has 1 aromatic heterocycles. The van der Waals surface area contributed by atoms with E-state index in [2.05, 4.69) is 16.4 Å². The molecule has 2 aromatic carbocycles. The van der Waals surface area contributed by atoms with Crippen LogP contribution in [0.2, 0.25) is 0 Å². The number of aromatic nitrogens is 1. The summed E-state index contributed by atoms with van der Waals surface area (Å²) in [5, 5.41) is 9.52. The Hall–Kier alpha value is -2.84. The minimum atomic E-state index is -1.28. The quantitative estimate of drug-likeness (QED) is 0.606. The maximum Gasteiger partial charge on any atom is 0.341 e. The molecular weight excluding hydrogens is 417 g/mol. The van der Waals surface area contributed by atoms with Gasteiger partial charge in [0, 0.05) is 48.7 Å². The number of rotatable bonds is 5. The number of aromatic carboxylic acids is 1. The van der Waals surface area contributed by atoms with Crippen LogP contribution < -0.4 is 10.3 Å². The SMILES string of the molecule is O=C(O)c1cn(C2CC2)c2cc(N3CCN(Sc4ccccc4)CC3)c(F)cc2c1=O. The topological polar surface area (TPSA) is 65.8 Å². The number of hydrogen-bond donors (Lipinski definition) is 1. The van der Waals surface area contributed by atoms with Gasteiger partial charge in [0.25, 0.3) is 0 Å². The number of carbonyl (C=O) groups is 1. The Morgan fingerprint density at radius 2 is 1.77 bits per heavy atom. The van der Waals surface area contributed by atoms with Crippen molar-refractivity contribution in [2.75, 3.05) is 31.1 Å². The van der Waals surface area contributed by atoms with Crippen molar-refractivity contribution in [3.63, 3.8) is 0 Å². The molecule has 2 aliphatic rings. The van der Waals surface area contributed by atoms with Gasteiger partial charge in [0.05, 0.1) is 11.2 Å². The fourth-order valence-electron chi connectivity index (χ4n) is 4.06. The Morgan fingerprint density at radius 3 is 2.42 bits per heavy atom. The molecule has 160 valence electrons. The van der Waals surface area contributed by atoms with Gasteiger partial charge in [-0.1, -0.05) is 18.2 Å². The maximum atomic E-state index is 15.1. The Balaban J connectivity index is 1.44. The van der Waals surface area contributed by atoms with Gasteiger partial charge in [-0.15, -0.1) is 0 Å². The Morgan fingerprint density at radius 1 is 1.06 bits per heavy atom. The standard InChI is InChI=1S/C23H22FN3O3S/c24-19-12-17-20(27(15-6-7-15)14-18(22(17)28)23(29)30)13-21(19)25-8-10-26(11-9-25)31-16-4-2-1-3-5-16/h1-5,12-15H,6-11H2,(H,29,30). The molecule has 0 amide bonds. The third kappa shape index (κ3) is 3.93. The Bertz CT molecular complexity index is 1200. The molecule has 0 atom stereocenters. The number of anilines is 1. The molecule has 1 aliphatic carbocycles. The Kier molecular flexibility index (Phi) is 5.19. The van der Waals surface area contributed by atoms with Crippen LogP contribution in [-0.2, 0) is 0 Å². The van der Waals surface area contributed by atoms with Crippen LogP contribution in [0.5, 0.6) is 0 Å². The fraction of sp³-hybridized carbons (Fsp3) is 0.304. The van der Waals surface area contributed by atoms with Crippen molar-refractivity contribution in [1.82, 2.24) is 8.87 Å². The lowest BCUT2D eigenvalue weighted by atomic mass is 10.1. The van der Waals surface area contributed by atoms with Crippen LogP contribution in [0.4, 0.5) is 10.1 Å². The van der Waals surface area contributed by atoms with Crippen LogP contribution in [0, 0.1) is 5.82 Å². The van der Waals surface area contributed by atoms with Crippen LogP contribution in [0.3, 0.4) is 0 Å². The number of piperazine rings is 1. The molecule has 6 nitrogen and oxygen atoms in total. The number of pyridine rings is 1. The van der Waals surface area contributed by atoms with Crippen LogP contribution in [0.1, 0.15) is 29.2 Å². The lowest BCUT2D eigenvalue weighted by molar-refractivity contribution is 0.0695. The molecule has 0 spiro atoms. The number of benzene rings is 2. The first-order valence-corrected chi connectivity index (χ1v) is 11.1. The first kappa shape index (κ1) is 20.1. The first-order valence-electron chi connectivity index (χ1n) is 10.4. The van der Waals surface area contributed by atoms with Crippen LogP contribution >= 0.6 is 11.9 Å². The molecule has 1 aliphatic heterocycles. The largest absolute Gasteiger partial charge is 0.477 e. The van der Waals surface area contributed by atoms with Gasteiger partial charge in [-0.25, -0.2) is 13.5 Å². The summed E-state index contributed by atoms with van der Waals surface area (Å²) in [7, 11) is 0. The molecular formula is C23H22FN3O3S. The van der Waals surface area contributed by atoms with Crippen molar-refractivity contribution in [1.29, 1.82) is 0 Å². The molecule has 8 heteroatoms. The van der Waals surface area contributed by atoms with Crippen LogP contribution in [-0.4, -0.2) is 46.1 Å². The summed E-state index contributed by atoms with van der Waals surface area (Å²) in [6, 6.07) is 13.3. The molecule has 1 saturated heterocycles. The van der Waals surface area contributed by atoms with Crippen molar-refractivity contribution < 1.29 is 14.3 Å². The third-order valence-corrected chi connectivity index (χ3v) is 6.93. The van der Waals surface area contributed by atoms with Crippen LogP contribution in [0.15, 0.2) is 58.4 Å². The smallest absolute Gasteiger partial charge is 0.341 e. The fourth-order valence-corrected chi connectivity index (χ4v) is 4.98. The number of carboxylic acids is 1. The average molecular weight is 440 g/mol. The van der Waals surface area contributed by atoms with Gasteiger partial charge in [0.1, 0.15) is 11.4 Å². The molecule has 0 bridgehead atoms. The zero-order valence-corrected chi connectivity index (χ0v) is 17.6. The zero-order chi connectivity index (χ0) is 21.5. The monoisotopic (exact) mass is 439 g/mol. The van der Waals surface area contributed by atoms with Crippen molar-refractivity contribution in [3.8, 4) is 0 Å². The molecule has 31 heavy (non-hydrogen) atoms. The highest BCUT2D eigenvalue weighted by atomic mass is 32.2. The number of carboxylic acid groups (broad SMARTS) is 1. The van der Waals surface area contributed by atoms with E-state index in [9.17, 15) is 14.7 Å². The van der Waals surface area contributed by atoms with Gasteiger partial charge in [-0.05, 0) is 49.1 Å². The summed E-state index contributed by atoms with van der Waals surface area (Å²) in [6.45, 7) is 2.90. The van der Waals surface area contributed by atoms with E-state index in [1.165, 1.54) is 17.2 Å². The molecule has 3 aromatic rings. The molecule has 1 N–H and O–H groups in total. The normalized spacial score (nSPS) is 17.3.